The summed E-state index contributed by atoms with van der Waals surface area (Å²) in [6, 6.07) is 9.13. The van der Waals surface area contributed by atoms with Gasteiger partial charge in [0.25, 0.3) is 11.8 Å². The number of hydrogen-bond donors (Lipinski definition) is 4. The van der Waals surface area contributed by atoms with Crippen LogP contribution in [0, 0.1) is 31.6 Å². The second kappa shape index (κ2) is 20.4. The molecule has 1 aliphatic heterocycles. The van der Waals surface area contributed by atoms with Crippen molar-refractivity contribution in [1.82, 2.24) is 43.6 Å². The average Bonchev–Trinajstić information content (AvgIpc) is 4.07. The van der Waals surface area contributed by atoms with E-state index in [1.807, 2.05) is 34.6 Å². The molecule has 0 spiro atoms. The number of aromatic nitrogens is 8. The first-order valence-corrected chi connectivity index (χ1v) is 22.5. The van der Waals surface area contributed by atoms with E-state index in [0.717, 1.165) is 0 Å². The topological polar surface area (TPSA) is 258 Å². The lowest BCUT2D eigenvalue weighted by atomic mass is 9.98. The summed E-state index contributed by atoms with van der Waals surface area (Å²) in [4.78, 5) is 76.0. The molecule has 7 rings (SSSR count). The Morgan fingerprint density at radius 1 is 0.797 bits per heavy atom. The molecule has 0 saturated carbocycles. The summed E-state index contributed by atoms with van der Waals surface area (Å²) < 4.78 is 24.0. The van der Waals surface area contributed by atoms with Gasteiger partial charge in [-0.2, -0.15) is 10.2 Å². The Hall–Kier alpha value is -8.15. The number of primary amides is 1. The SMILES string of the molecule is CCn1nc(C)cc1C(=O)Nc1nc2cc(C(=O)O)cc(OC)c2n1C/C=C/Cn1c(NC(=O)c2cc(C)nn2CC)nc2cc(C(N)=O)cc(OCC#CC3CCN(C(=O)OC(C)(C)C)CC3)c21. The van der Waals surface area contributed by atoms with Crippen molar-refractivity contribution in [2.24, 2.45) is 11.7 Å². The number of ether oxygens (including phenoxy) is 3. The van der Waals surface area contributed by atoms with E-state index >= 15 is 0 Å². The van der Waals surface area contributed by atoms with Gasteiger partial charge in [0, 0.05) is 50.7 Å². The van der Waals surface area contributed by atoms with Crippen molar-refractivity contribution < 1.29 is 43.3 Å². The quantitative estimate of drug-likeness (QED) is 0.0678. The van der Waals surface area contributed by atoms with E-state index in [1.165, 1.54) is 31.4 Å². The van der Waals surface area contributed by atoms with Gasteiger partial charge in [-0.1, -0.05) is 24.0 Å². The number of fused-ring (bicyclic) bond motifs is 2. The smallest absolute Gasteiger partial charge is 0.410 e. The van der Waals surface area contributed by atoms with Crippen LogP contribution in [0.3, 0.4) is 0 Å². The lowest BCUT2D eigenvalue weighted by Gasteiger charge is -2.31. The lowest BCUT2D eigenvalue weighted by molar-refractivity contribution is 0.0199. The monoisotopic (exact) mass is 944 g/mol. The van der Waals surface area contributed by atoms with E-state index in [0.29, 0.717) is 78.3 Å². The first kappa shape index (κ1) is 48.8. The number of nitrogens with one attached hydrogen (secondary N) is 2. The zero-order valence-electron chi connectivity index (χ0n) is 39.9. The molecule has 5 N–H and O–H groups in total. The Labute approximate surface area is 397 Å². The number of rotatable bonds is 15. The molecule has 5 heterocycles. The van der Waals surface area contributed by atoms with Gasteiger partial charge in [0.2, 0.25) is 17.8 Å². The maximum atomic E-state index is 13.9. The van der Waals surface area contributed by atoms with Crippen LogP contribution >= 0.6 is 0 Å². The van der Waals surface area contributed by atoms with Crippen molar-refractivity contribution in [2.45, 2.75) is 93.1 Å². The minimum absolute atomic E-state index is 0.0200. The van der Waals surface area contributed by atoms with Gasteiger partial charge in [0.1, 0.15) is 46.1 Å². The van der Waals surface area contributed by atoms with Crippen LogP contribution in [-0.2, 0) is 30.9 Å². The van der Waals surface area contributed by atoms with Crippen LogP contribution in [0.15, 0.2) is 48.6 Å². The standard InChI is InChI=1S/C48H56N12O9/c1-9-59-35(22-28(3)54-59)42(62)52-45-51-34-25-32(44(64)65)27-37(67-8)39(34)57(45)17-11-12-18-58-40-33(50-46(58)53-43(63)36-23-29(4)55-60(36)10-2)24-31(41(49)61)26-38(40)68-21-13-14-30-15-19-56(20-16-30)47(66)69-48(5,6)7/h11-12,22-27,30H,9-10,15-21H2,1-8H3,(H2,49,61)(H,64,65)(H,50,53,63)(H,51,52,62)/b12-11+. The Morgan fingerprint density at radius 3 is 1.78 bits per heavy atom. The number of likely N-dealkylation sites (tertiary alicyclic amines) is 1. The average molecular weight is 945 g/mol. The number of aryl methyl sites for hydroxylation is 4. The minimum Gasteiger partial charge on any atom is -0.494 e. The number of carbonyl (C=O) groups is 5. The maximum absolute atomic E-state index is 13.9. The van der Waals surface area contributed by atoms with Gasteiger partial charge in [-0.25, -0.2) is 19.6 Å². The number of carbonyl (C=O) groups excluding carboxylic acids is 4. The molecule has 0 atom stereocenters. The van der Waals surface area contributed by atoms with E-state index in [2.05, 4.69) is 37.7 Å². The number of amides is 4. The molecule has 0 radical (unpaired) electrons. The van der Waals surface area contributed by atoms with E-state index < -0.39 is 29.3 Å². The van der Waals surface area contributed by atoms with Crippen LogP contribution in [0.25, 0.3) is 22.1 Å². The Kier molecular flexibility index (Phi) is 14.4. The number of benzene rings is 2. The summed E-state index contributed by atoms with van der Waals surface area (Å²) in [6.07, 6.45) is 4.57. The number of hydrogen-bond acceptors (Lipinski definition) is 12. The van der Waals surface area contributed by atoms with E-state index in [4.69, 9.17) is 24.9 Å². The Balaban J connectivity index is 1.22. The molecule has 0 bridgehead atoms. The van der Waals surface area contributed by atoms with Crippen molar-refractivity contribution in [3.05, 3.63) is 82.5 Å². The van der Waals surface area contributed by atoms with Crippen molar-refractivity contribution >= 4 is 63.7 Å². The van der Waals surface area contributed by atoms with Crippen molar-refractivity contribution in [3.8, 4) is 23.3 Å². The zero-order valence-corrected chi connectivity index (χ0v) is 39.9. The summed E-state index contributed by atoms with van der Waals surface area (Å²) in [5, 5.41) is 24.5. The Morgan fingerprint density at radius 2 is 1.30 bits per heavy atom. The second-order valence-electron chi connectivity index (χ2n) is 17.4. The van der Waals surface area contributed by atoms with Crippen LogP contribution in [0.4, 0.5) is 16.7 Å². The molecule has 362 valence electrons. The number of imidazole rings is 2. The van der Waals surface area contributed by atoms with Gasteiger partial charge in [-0.3, -0.25) is 34.4 Å². The van der Waals surface area contributed by atoms with Crippen LogP contribution in [0.1, 0.15) is 101 Å². The zero-order chi connectivity index (χ0) is 49.7. The number of aromatic carboxylic acids is 1. The van der Waals surface area contributed by atoms with E-state index in [1.54, 1.807) is 61.5 Å². The number of allylic oxidation sites excluding steroid dienone is 2. The molecule has 2 aromatic carbocycles. The highest BCUT2D eigenvalue weighted by Crippen LogP contribution is 2.33. The van der Waals surface area contributed by atoms with Crippen LogP contribution in [0.2, 0.25) is 0 Å². The third-order valence-corrected chi connectivity index (χ3v) is 11.2. The molecule has 4 aromatic heterocycles. The molecule has 4 amide bonds. The number of piperidine rings is 1. The molecule has 1 aliphatic rings. The van der Waals surface area contributed by atoms with Gasteiger partial charge in [-0.15, -0.1) is 0 Å². The summed E-state index contributed by atoms with van der Waals surface area (Å²) >= 11 is 0. The van der Waals surface area contributed by atoms with Crippen LogP contribution in [-0.4, -0.2) is 111 Å². The fourth-order valence-corrected chi connectivity index (χ4v) is 8.00. The maximum Gasteiger partial charge on any atom is 0.410 e. The summed E-state index contributed by atoms with van der Waals surface area (Å²) in [7, 11) is 1.41. The molecule has 0 unspecified atom stereocenters. The molecule has 1 saturated heterocycles. The predicted octanol–water partition coefficient (Wildman–Crippen LogP) is 6.03. The third kappa shape index (κ3) is 11.0. The molecule has 21 heteroatoms. The third-order valence-electron chi connectivity index (χ3n) is 11.2. The second-order valence-corrected chi connectivity index (χ2v) is 17.4. The number of nitrogens with zero attached hydrogens (tertiary/aromatic N) is 9. The first-order chi connectivity index (χ1) is 32.9. The number of carboxylic acids is 1. The first-order valence-electron chi connectivity index (χ1n) is 22.5. The molecule has 21 nitrogen and oxygen atoms in total. The summed E-state index contributed by atoms with van der Waals surface area (Å²) in [5.41, 5.74) is 8.61. The van der Waals surface area contributed by atoms with Gasteiger partial charge in [-0.05, 0) is 97.7 Å². The predicted molar refractivity (Wildman–Crippen MR) is 256 cm³/mol. The van der Waals surface area contributed by atoms with Gasteiger partial charge in [0.15, 0.2) is 0 Å². The lowest BCUT2D eigenvalue weighted by Crippen LogP contribution is -2.41. The van der Waals surface area contributed by atoms with Gasteiger partial charge in [0.05, 0.1) is 35.1 Å². The number of carboxylic acid groups (broad SMARTS) is 1. The number of methoxy groups -OCH3 is 1. The molecular formula is C48H56N12O9. The fraction of sp³-hybridized carbons (Fsp3) is 0.396. The fourth-order valence-electron chi connectivity index (χ4n) is 8.00. The molecule has 1 fully saturated rings. The highest BCUT2D eigenvalue weighted by molar-refractivity contribution is 6.05. The normalized spacial score (nSPS) is 13.1. The highest BCUT2D eigenvalue weighted by Gasteiger charge is 2.27. The number of nitrogens with two attached hydrogens (primary N) is 1. The van der Waals surface area contributed by atoms with Gasteiger partial charge >= 0.3 is 12.1 Å². The molecular weight excluding hydrogens is 889 g/mol. The van der Waals surface area contributed by atoms with E-state index in [9.17, 15) is 29.1 Å². The van der Waals surface area contributed by atoms with Gasteiger partial charge < -0.3 is 39.1 Å². The van der Waals surface area contributed by atoms with Crippen LogP contribution < -0.4 is 25.8 Å². The van der Waals surface area contributed by atoms with Crippen molar-refractivity contribution in [1.29, 1.82) is 0 Å². The minimum atomic E-state index is -1.18. The highest BCUT2D eigenvalue weighted by atomic mass is 16.6. The molecule has 69 heavy (non-hydrogen) atoms. The van der Waals surface area contributed by atoms with E-state index in [-0.39, 0.29) is 71.7 Å². The van der Waals surface area contributed by atoms with Crippen molar-refractivity contribution in [2.75, 3.05) is 37.4 Å². The largest absolute Gasteiger partial charge is 0.494 e. The molecule has 0 aliphatic carbocycles. The summed E-state index contributed by atoms with van der Waals surface area (Å²) in [5.74, 6) is 4.22. The summed E-state index contributed by atoms with van der Waals surface area (Å²) in [6.45, 7) is 14.8. The van der Waals surface area contributed by atoms with Crippen LogP contribution in [0.5, 0.6) is 11.5 Å². The Bertz CT molecular complexity index is 3060. The van der Waals surface area contributed by atoms with Crippen molar-refractivity contribution in [3.63, 3.8) is 0 Å². The molecule has 6 aromatic rings. The number of anilines is 2.